The molecule has 0 saturated carbocycles. The highest BCUT2D eigenvalue weighted by molar-refractivity contribution is 7.92. The van der Waals surface area contributed by atoms with Gasteiger partial charge in [0.05, 0.1) is 27.7 Å². The standard InChI is InChI=1S/C18H21N4O2S/c1-12(2)25(23,24)16-6-4-14(5-7-16)17-10-20-13(3)18(21-17)22-9-8-15(19)11-22/h3-7,10,12,15,19H,8-9,11H2,1-2H3. The van der Waals surface area contributed by atoms with E-state index in [1.165, 1.54) is 0 Å². The van der Waals surface area contributed by atoms with Gasteiger partial charge in [0.1, 0.15) is 0 Å². The predicted octanol–water partition coefficient (Wildman–Crippen LogP) is 2.25. The highest BCUT2D eigenvalue weighted by atomic mass is 32.2. The molecule has 0 aliphatic carbocycles. The van der Waals surface area contributed by atoms with Crippen molar-refractivity contribution >= 4 is 15.7 Å². The highest BCUT2D eigenvalue weighted by Gasteiger charge is 2.23. The zero-order valence-electron chi connectivity index (χ0n) is 14.3. The molecule has 0 amide bonds. The summed E-state index contributed by atoms with van der Waals surface area (Å²) < 4.78 is 24.4. The Labute approximate surface area is 149 Å². The van der Waals surface area contributed by atoms with Crippen LogP contribution in [0.1, 0.15) is 26.0 Å². The Balaban J connectivity index is 1.92. The van der Waals surface area contributed by atoms with Crippen LogP contribution in [0.25, 0.3) is 11.3 Å². The summed E-state index contributed by atoms with van der Waals surface area (Å²) in [5.41, 5.74) is 9.58. The summed E-state index contributed by atoms with van der Waals surface area (Å²) in [4.78, 5) is 11.1. The Morgan fingerprint density at radius 1 is 1.28 bits per heavy atom. The van der Waals surface area contributed by atoms with Crippen LogP contribution in [0, 0.1) is 6.92 Å². The van der Waals surface area contributed by atoms with Crippen LogP contribution < -0.4 is 10.6 Å². The van der Waals surface area contributed by atoms with E-state index in [4.69, 9.17) is 12.7 Å². The molecule has 3 radical (unpaired) electrons. The lowest BCUT2D eigenvalue weighted by molar-refractivity contribution is 0.587. The van der Waals surface area contributed by atoms with Gasteiger partial charge in [-0.3, -0.25) is 10.7 Å². The van der Waals surface area contributed by atoms with Crippen LogP contribution in [0.5, 0.6) is 0 Å². The normalized spacial score (nSPS) is 18.1. The maximum atomic E-state index is 12.2. The Bertz CT molecular complexity index is 863. The van der Waals surface area contributed by atoms with E-state index in [0.717, 1.165) is 18.5 Å². The minimum absolute atomic E-state index is 0.134. The maximum Gasteiger partial charge on any atom is 0.180 e. The summed E-state index contributed by atoms with van der Waals surface area (Å²) in [5, 5.41) is -0.464. The van der Waals surface area contributed by atoms with Gasteiger partial charge in [0.15, 0.2) is 15.7 Å². The van der Waals surface area contributed by atoms with Crippen LogP contribution in [0.3, 0.4) is 0 Å². The van der Waals surface area contributed by atoms with E-state index in [2.05, 4.69) is 9.97 Å². The molecule has 2 heterocycles. The lowest BCUT2D eigenvalue weighted by Gasteiger charge is -2.19. The van der Waals surface area contributed by atoms with Crippen LogP contribution in [-0.2, 0) is 9.84 Å². The van der Waals surface area contributed by atoms with E-state index in [1.807, 2.05) is 4.90 Å². The van der Waals surface area contributed by atoms with Gasteiger partial charge in [-0.05, 0) is 32.4 Å². The number of nitrogens with zero attached hydrogens (tertiary/aromatic N) is 3. The third-order valence-electron chi connectivity index (χ3n) is 4.37. The van der Waals surface area contributed by atoms with Crippen LogP contribution >= 0.6 is 0 Å². The molecule has 0 spiro atoms. The topological polar surface area (TPSA) is 87.0 Å². The molecule has 1 N–H and O–H groups in total. The van der Waals surface area contributed by atoms with Gasteiger partial charge >= 0.3 is 0 Å². The molecule has 131 valence electrons. The van der Waals surface area contributed by atoms with E-state index in [1.54, 1.807) is 44.3 Å². The molecule has 1 aliphatic rings. The zero-order valence-corrected chi connectivity index (χ0v) is 15.1. The smallest absolute Gasteiger partial charge is 0.180 e. The van der Waals surface area contributed by atoms with Gasteiger partial charge in [-0.2, -0.15) is 0 Å². The van der Waals surface area contributed by atoms with E-state index in [9.17, 15) is 8.42 Å². The van der Waals surface area contributed by atoms with Crippen molar-refractivity contribution in [1.82, 2.24) is 15.7 Å². The Kier molecular flexibility index (Phi) is 4.79. The Morgan fingerprint density at radius 3 is 2.52 bits per heavy atom. The van der Waals surface area contributed by atoms with Crippen molar-refractivity contribution in [2.75, 3.05) is 18.0 Å². The second kappa shape index (κ2) is 6.72. The number of hydrogen-bond acceptors (Lipinski definition) is 5. The predicted molar refractivity (Wildman–Crippen MR) is 96.9 cm³/mol. The number of aromatic nitrogens is 2. The maximum absolute atomic E-state index is 12.2. The molecular weight excluding hydrogens is 336 g/mol. The van der Waals surface area contributed by atoms with Gasteiger partial charge in [0.25, 0.3) is 0 Å². The second-order valence-electron chi connectivity index (χ2n) is 6.51. The minimum Gasteiger partial charge on any atom is -0.353 e. The van der Waals surface area contributed by atoms with Crippen LogP contribution in [0.4, 0.5) is 5.82 Å². The van der Waals surface area contributed by atoms with E-state index in [0.29, 0.717) is 28.6 Å². The zero-order chi connectivity index (χ0) is 18.2. The Morgan fingerprint density at radius 2 is 1.96 bits per heavy atom. The van der Waals surface area contributed by atoms with Gasteiger partial charge < -0.3 is 4.90 Å². The molecule has 1 fully saturated rings. The van der Waals surface area contributed by atoms with Crippen molar-refractivity contribution in [3.63, 3.8) is 0 Å². The number of hydrogen-bond donors (Lipinski definition) is 0. The SMILES string of the molecule is [CH]c1ncc(-c2ccc(S(=O)(=O)C(C)C)cc2)nc1N1CCC([NH])C1. The number of benzene rings is 1. The number of anilines is 1. The van der Waals surface area contributed by atoms with Crippen molar-refractivity contribution in [2.45, 2.75) is 36.5 Å². The first-order valence-corrected chi connectivity index (χ1v) is 9.76. The number of rotatable bonds is 4. The van der Waals surface area contributed by atoms with Gasteiger partial charge in [0, 0.05) is 31.6 Å². The lowest BCUT2D eigenvalue weighted by atomic mass is 10.1. The fourth-order valence-electron chi connectivity index (χ4n) is 2.80. The third-order valence-corrected chi connectivity index (χ3v) is 6.54. The summed E-state index contributed by atoms with van der Waals surface area (Å²) in [6.45, 7) is 10.6. The van der Waals surface area contributed by atoms with Crippen molar-refractivity contribution in [3.05, 3.63) is 43.1 Å². The monoisotopic (exact) mass is 357 g/mol. The largest absolute Gasteiger partial charge is 0.353 e. The summed E-state index contributed by atoms with van der Waals surface area (Å²) in [5.74, 6) is 0.589. The van der Waals surface area contributed by atoms with Gasteiger partial charge in [-0.15, -0.1) is 0 Å². The minimum atomic E-state index is -3.30. The highest BCUT2D eigenvalue weighted by Crippen LogP contribution is 2.26. The van der Waals surface area contributed by atoms with Crippen molar-refractivity contribution in [3.8, 4) is 11.3 Å². The van der Waals surface area contributed by atoms with Crippen LogP contribution in [0.15, 0.2) is 35.4 Å². The molecule has 0 bridgehead atoms. The third kappa shape index (κ3) is 3.52. The molecule has 1 aliphatic heterocycles. The molecule has 1 aromatic carbocycles. The van der Waals surface area contributed by atoms with E-state index < -0.39 is 15.1 Å². The van der Waals surface area contributed by atoms with Crippen molar-refractivity contribution < 1.29 is 8.42 Å². The van der Waals surface area contributed by atoms with Crippen LogP contribution in [-0.4, -0.2) is 42.8 Å². The molecule has 3 rings (SSSR count). The van der Waals surface area contributed by atoms with E-state index in [-0.39, 0.29) is 6.04 Å². The fourth-order valence-corrected chi connectivity index (χ4v) is 3.86. The first-order valence-electron chi connectivity index (χ1n) is 8.22. The van der Waals surface area contributed by atoms with Crippen molar-refractivity contribution in [1.29, 1.82) is 0 Å². The number of nitrogens with one attached hydrogen (secondary N) is 1. The molecule has 25 heavy (non-hydrogen) atoms. The lowest BCUT2D eigenvalue weighted by Crippen LogP contribution is -2.24. The molecule has 2 aromatic rings. The molecular formula is C18H21N4O2S. The molecule has 1 aromatic heterocycles. The van der Waals surface area contributed by atoms with Crippen LogP contribution in [0.2, 0.25) is 0 Å². The summed E-state index contributed by atoms with van der Waals surface area (Å²) in [6, 6.07) is 6.52. The molecule has 1 atom stereocenters. The molecule has 7 heteroatoms. The number of sulfone groups is 1. The Hall–Kier alpha value is -1.99. The fraction of sp³-hybridized carbons (Fsp3) is 0.389. The summed E-state index contributed by atoms with van der Waals surface area (Å²) in [6.07, 6.45) is 2.37. The first kappa shape index (κ1) is 17.8. The molecule has 1 unspecified atom stereocenters. The molecule has 6 nitrogen and oxygen atoms in total. The average Bonchev–Trinajstić information content (AvgIpc) is 3.01. The van der Waals surface area contributed by atoms with Crippen molar-refractivity contribution in [2.24, 2.45) is 0 Å². The summed E-state index contributed by atoms with van der Waals surface area (Å²) >= 11 is 0. The molecule has 1 saturated heterocycles. The van der Waals surface area contributed by atoms with E-state index >= 15 is 0 Å². The first-order chi connectivity index (χ1) is 11.8. The van der Waals surface area contributed by atoms with Gasteiger partial charge in [-0.1, -0.05) is 12.1 Å². The van der Waals surface area contributed by atoms with Gasteiger partial charge in [-0.25, -0.2) is 13.4 Å². The van der Waals surface area contributed by atoms with Gasteiger partial charge in [0.2, 0.25) is 0 Å². The average molecular weight is 357 g/mol. The summed E-state index contributed by atoms with van der Waals surface area (Å²) in [7, 11) is -3.30. The second-order valence-corrected chi connectivity index (χ2v) is 9.02. The quantitative estimate of drug-likeness (QED) is 0.837.